The molecule has 0 aromatic carbocycles. The fourth-order valence-electron chi connectivity index (χ4n) is 1.93. The molecule has 114 valence electrons. The highest BCUT2D eigenvalue weighted by atomic mass is 16.5. The van der Waals surface area contributed by atoms with Crippen LogP contribution in [0.5, 0.6) is 0 Å². The van der Waals surface area contributed by atoms with E-state index in [1.54, 1.807) is 27.7 Å². The Morgan fingerprint density at radius 3 is 2.43 bits per heavy atom. The molecule has 0 fully saturated rings. The van der Waals surface area contributed by atoms with E-state index in [1.165, 1.54) is 12.2 Å². The summed E-state index contributed by atoms with van der Waals surface area (Å²) in [5.41, 5.74) is 1.65. The molecule has 0 amide bonds. The van der Waals surface area contributed by atoms with Gasteiger partial charge in [-0.05, 0) is 33.3 Å². The third-order valence-electron chi connectivity index (χ3n) is 2.84. The smallest absolute Gasteiger partial charge is 0.340 e. The maximum absolute atomic E-state index is 12.0. The van der Waals surface area contributed by atoms with Crippen molar-refractivity contribution in [3.8, 4) is 0 Å². The lowest BCUT2D eigenvalue weighted by Gasteiger charge is -2.03. The van der Waals surface area contributed by atoms with Crippen LogP contribution < -0.4 is 0 Å². The zero-order chi connectivity index (χ0) is 16.0. The quantitative estimate of drug-likeness (QED) is 0.493. The number of hydrogen-bond acceptors (Lipinski definition) is 5. The predicted molar refractivity (Wildman–Crippen MR) is 76.3 cm³/mol. The summed E-state index contributed by atoms with van der Waals surface area (Å²) >= 11 is 0. The molecule has 0 bridgehead atoms. The number of H-pyrrole nitrogens is 1. The van der Waals surface area contributed by atoms with E-state index in [-0.39, 0.29) is 18.9 Å². The summed E-state index contributed by atoms with van der Waals surface area (Å²) in [6.45, 7) is 6.59. The van der Waals surface area contributed by atoms with E-state index >= 15 is 0 Å². The maximum atomic E-state index is 12.0. The molecule has 0 unspecified atom stereocenters. The molecule has 0 saturated heterocycles. The second-order valence-electron chi connectivity index (χ2n) is 4.38. The number of ketones is 1. The summed E-state index contributed by atoms with van der Waals surface area (Å²) in [5, 5.41) is 0. The number of hydrogen-bond donors (Lipinski definition) is 1. The summed E-state index contributed by atoms with van der Waals surface area (Å²) in [7, 11) is 0. The van der Waals surface area contributed by atoms with E-state index in [1.807, 2.05) is 0 Å². The molecule has 21 heavy (non-hydrogen) atoms. The molecule has 0 spiro atoms. The van der Waals surface area contributed by atoms with E-state index in [0.29, 0.717) is 16.8 Å². The number of aromatic amines is 1. The molecule has 0 saturated carbocycles. The van der Waals surface area contributed by atoms with Gasteiger partial charge in [0.15, 0.2) is 6.61 Å². The highest BCUT2D eigenvalue weighted by Crippen LogP contribution is 2.19. The standard InChI is InChI=1S/C15H19NO5/c1-5-7-12(18)21-8-11(17)14-9(3)13(10(4)16-14)15(19)20-6-2/h5,7,16H,6,8H2,1-4H3. The molecule has 0 aliphatic heterocycles. The number of nitrogens with one attached hydrogen (secondary N) is 1. The lowest BCUT2D eigenvalue weighted by Crippen LogP contribution is -2.14. The number of allylic oxidation sites excluding steroid dienone is 1. The summed E-state index contributed by atoms with van der Waals surface area (Å²) in [6, 6.07) is 0. The first kappa shape index (κ1) is 16.7. The van der Waals surface area contributed by atoms with Crippen molar-refractivity contribution >= 4 is 17.7 Å². The third-order valence-corrected chi connectivity index (χ3v) is 2.84. The van der Waals surface area contributed by atoms with Gasteiger partial charge in [-0.3, -0.25) is 4.79 Å². The van der Waals surface area contributed by atoms with Gasteiger partial charge in [-0.15, -0.1) is 0 Å². The highest BCUT2D eigenvalue weighted by Gasteiger charge is 2.23. The topological polar surface area (TPSA) is 85.5 Å². The van der Waals surface area contributed by atoms with E-state index in [4.69, 9.17) is 9.47 Å². The van der Waals surface area contributed by atoms with Crippen LogP contribution in [0, 0.1) is 13.8 Å². The molecule has 6 heteroatoms. The van der Waals surface area contributed by atoms with Crippen LogP contribution in [-0.4, -0.2) is 35.9 Å². The number of aromatic nitrogens is 1. The summed E-state index contributed by atoms with van der Waals surface area (Å²) in [6.07, 6.45) is 2.75. The summed E-state index contributed by atoms with van der Waals surface area (Å²) in [4.78, 5) is 37.9. The molecular weight excluding hydrogens is 274 g/mol. The second-order valence-corrected chi connectivity index (χ2v) is 4.38. The predicted octanol–water partition coefficient (Wildman–Crippen LogP) is 2.11. The van der Waals surface area contributed by atoms with Gasteiger partial charge in [0.1, 0.15) is 0 Å². The van der Waals surface area contributed by atoms with Crippen LogP contribution in [0.4, 0.5) is 0 Å². The number of esters is 2. The molecule has 1 aromatic heterocycles. The van der Waals surface area contributed by atoms with Crippen molar-refractivity contribution in [1.82, 2.24) is 4.98 Å². The monoisotopic (exact) mass is 293 g/mol. The Bertz CT molecular complexity index is 583. The van der Waals surface area contributed by atoms with Crippen LogP contribution in [0.3, 0.4) is 0 Å². The van der Waals surface area contributed by atoms with Gasteiger partial charge < -0.3 is 14.5 Å². The number of carbonyl (C=O) groups is 3. The molecule has 0 atom stereocenters. The number of carbonyl (C=O) groups excluding carboxylic acids is 3. The van der Waals surface area contributed by atoms with Crippen LogP contribution in [0.1, 0.15) is 46.0 Å². The molecule has 1 heterocycles. The molecule has 1 rings (SSSR count). The first-order valence-corrected chi connectivity index (χ1v) is 6.61. The van der Waals surface area contributed by atoms with E-state index in [0.717, 1.165) is 0 Å². The van der Waals surface area contributed by atoms with E-state index < -0.39 is 17.7 Å². The van der Waals surface area contributed by atoms with Crippen molar-refractivity contribution in [3.63, 3.8) is 0 Å². The Balaban J connectivity index is 2.89. The minimum Gasteiger partial charge on any atom is -0.462 e. The fourth-order valence-corrected chi connectivity index (χ4v) is 1.93. The zero-order valence-corrected chi connectivity index (χ0v) is 12.6. The minimum atomic E-state index is -0.586. The Morgan fingerprint density at radius 2 is 1.86 bits per heavy atom. The van der Waals surface area contributed by atoms with E-state index in [2.05, 4.69) is 4.98 Å². The normalized spacial score (nSPS) is 10.7. The van der Waals surface area contributed by atoms with Crippen LogP contribution >= 0.6 is 0 Å². The van der Waals surface area contributed by atoms with Crippen molar-refractivity contribution in [3.05, 3.63) is 34.7 Å². The first-order valence-electron chi connectivity index (χ1n) is 6.61. The van der Waals surface area contributed by atoms with Crippen molar-refractivity contribution < 1.29 is 23.9 Å². The Morgan fingerprint density at radius 1 is 1.19 bits per heavy atom. The zero-order valence-electron chi connectivity index (χ0n) is 12.6. The lowest BCUT2D eigenvalue weighted by atomic mass is 10.1. The Labute approximate surface area is 123 Å². The SMILES string of the molecule is CC=CC(=O)OCC(=O)c1[nH]c(C)c(C(=O)OCC)c1C. The van der Waals surface area contributed by atoms with Crippen molar-refractivity contribution in [2.75, 3.05) is 13.2 Å². The van der Waals surface area contributed by atoms with Crippen LogP contribution in [0.15, 0.2) is 12.2 Å². The number of Topliss-reactive ketones (excluding diaryl/α,β-unsaturated/α-hetero) is 1. The van der Waals surface area contributed by atoms with Gasteiger partial charge in [0.2, 0.25) is 5.78 Å². The molecule has 6 nitrogen and oxygen atoms in total. The van der Waals surface area contributed by atoms with Crippen LogP contribution in [0.25, 0.3) is 0 Å². The van der Waals surface area contributed by atoms with Crippen LogP contribution in [-0.2, 0) is 14.3 Å². The first-order chi connectivity index (χ1) is 9.92. The maximum Gasteiger partial charge on any atom is 0.340 e. The molecule has 0 radical (unpaired) electrons. The van der Waals surface area contributed by atoms with Gasteiger partial charge in [0.25, 0.3) is 0 Å². The largest absolute Gasteiger partial charge is 0.462 e. The van der Waals surface area contributed by atoms with Crippen LogP contribution in [0.2, 0.25) is 0 Å². The Kier molecular flexibility index (Phi) is 5.90. The van der Waals surface area contributed by atoms with Crippen molar-refractivity contribution in [2.45, 2.75) is 27.7 Å². The lowest BCUT2D eigenvalue weighted by molar-refractivity contribution is -0.136. The summed E-state index contributed by atoms with van der Waals surface area (Å²) in [5.74, 6) is -1.46. The average Bonchev–Trinajstić information content (AvgIpc) is 2.72. The van der Waals surface area contributed by atoms with Crippen molar-refractivity contribution in [1.29, 1.82) is 0 Å². The van der Waals surface area contributed by atoms with Gasteiger partial charge in [-0.25, -0.2) is 9.59 Å². The molecular formula is C15H19NO5. The molecule has 0 aliphatic carbocycles. The number of aryl methyl sites for hydroxylation is 1. The third kappa shape index (κ3) is 4.05. The highest BCUT2D eigenvalue weighted by molar-refractivity contribution is 6.02. The molecule has 1 aromatic rings. The van der Waals surface area contributed by atoms with E-state index in [9.17, 15) is 14.4 Å². The fraction of sp³-hybridized carbons (Fsp3) is 0.400. The van der Waals surface area contributed by atoms with Gasteiger partial charge in [0.05, 0.1) is 17.9 Å². The second kappa shape index (κ2) is 7.42. The average molecular weight is 293 g/mol. The van der Waals surface area contributed by atoms with Gasteiger partial charge >= 0.3 is 11.9 Å². The summed E-state index contributed by atoms with van der Waals surface area (Å²) < 4.78 is 9.75. The molecule has 0 aliphatic rings. The van der Waals surface area contributed by atoms with Gasteiger partial charge in [-0.1, -0.05) is 6.08 Å². The minimum absolute atomic E-state index is 0.254. The molecule has 1 N–H and O–H groups in total. The van der Waals surface area contributed by atoms with Gasteiger partial charge in [-0.2, -0.15) is 0 Å². The number of rotatable bonds is 6. The number of ether oxygens (including phenoxy) is 2. The Hall–Kier alpha value is -2.37. The van der Waals surface area contributed by atoms with Gasteiger partial charge in [0, 0.05) is 11.8 Å². The van der Waals surface area contributed by atoms with Crippen molar-refractivity contribution in [2.24, 2.45) is 0 Å².